The van der Waals surface area contributed by atoms with E-state index in [1.54, 1.807) is 0 Å². The molecule has 0 saturated carbocycles. The standard InChI is InChI=1S/C26H25OP/c1-20-18-25(19-21(2)26(20)27)28(22-12-6-3-7-13-22,23-14-8-4-9-15-23)24-16-10-5-11-17-24/h3-19,27-28H,1-2H3. The normalized spacial score (nSPS) is 11.9. The molecule has 0 saturated heterocycles. The molecule has 28 heavy (non-hydrogen) atoms. The van der Waals surface area contributed by atoms with Gasteiger partial charge < -0.3 is 0 Å². The summed E-state index contributed by atoms with van der Waals surface area (Å²) in [7, 11) is -2.50. The summed E-state index contributed by atoms with van der Waals surface area (Å²) < 4.78 is 0. The van der Waals surface area contributed by atoms with Crippen LogP contribution >= 0.6 is 7.26 Å². The third-order valence-corrected chi connectivity index (χ3v) is 10.3. The van der Waals surface area contributed by atoms with E-state index in [1.165, 1.54) is 21.2 Å². The second kappa shape index (κ2) is 7.62. The molecule has 0 spiro atoms. The van der Waals surface area contributed by atoms with E-state index in [2.05, 4.69) is 103 Å². The molecule has 0 bridgehead atoms. The second-order valence-electron chi connectivity index (χ2n) is 7.31. The molecule has 0 heterocycles. The van der Waals surface area contributed by atoms with Crippen molar-refractivity contribution < 1.29 is 5.11 Å². The van der Waals surface area contributed by atoms with Gasteiger partial charge in [-0.2, -0.15) is 0 Å². The average Bonchev–Trinajstić information content (AvgIpc) is 2.75. The predicted octanol–water partition coefficient (Wildman–Crippen LogP) is 4.36. The van der Waals surface area contributed by atoms with Crippen LogP contribution in [0.2, 0.25) is 0 Å². The van der Waals surface area contributed by atoms with Gasteiger partial charge in [0, 0.05) is 0 Å². The molecular formula is C26H25OP. The van der Waals surface area contributed by atoms with Crippen molar-refractivity contribution in [2.75, 3.05) is 0 Å². The summed E-state index contributed by atoms with van der Waals surface area (Å²) in [6.45, 7) is 3.98. The molecule has 2 heteroatoms. The number of aryl methyl sites for hydroxylation is 2. The van der Waals surface area contributed by atoms with Crippen molar-refractivity contribution in [1.29, 1.82) is 0 Å². The Bertz CT molecular complexity index is 954. The molecule has 4 rings (SSSR count). The summed E-state index contributed by atoms with van der Waals surface area (Å²) >= 11 is 0. The van der Waals surface area contributed by atoms with E-state index in [4.69, 9.17) is 0 Å². The molecule has 0 fully saturated rings. The third-order valence-electron chi connectivity index (χ3n) is 5.54. The summed E-state index contributed by atoms with van der Waals surface area (Å²) in [4.78, 5) is 0. The van der Waals surface area contributed by atoms with Gasteiger partial charge in [-0.05, 0) is 0 Å². The first-order valence-electron chi connectivity index (χ1n) is 9.61. The van der Waals surface area contributed by atoms with Crippen LogP contribution in [0.5, 0.6) is 5.75 Å². The van der Waals surface area contributed by atoms with E-state index in [1.807, 2.05) is 13.8 Å². The third kappa shape index (κ3) is 3.03. The fourth-order valence-electron chi connectivity index (χ4n) is 4.24. The maximum absolute atomic E-state index is 10.4. The molecule has 140 valence electrons. The Kier molecular flexibility index (Phi) is 5.03. The monoisotopic (exact) mass is 384 g/mol. The average molecular weight is 384 g/mol. The Labute approximate surface area is 167 Å². The molecule has 4 aromatic carbocycles. The van der Waals surface area contributed by atoms with Crippen molar-refractivity contribution in [2.45, 2.75) is 13.8 Å². The van der Waals surface area contributed by atoms with Gasteiger partial charge in [0.1, 0.15) is 0 Å². The van der Waals surface area contributed by atoms with E-state index in [-0.39, 0.29) is 0 Å². The summed E-state index contributed by atoms with van der Waals surface area (Å²) in [5.74, 6) is 0.390. The Balaban J connectivity index is 2.17. The molecular weight excluding hydrogens is 359 g/mol. The molecule has 0 radical (unpaired) electrons. The fourth-order valence-corrected chi connectivity index (χ4v) is 9.18. The molecule has 0 aliphatic carbocycles. The Morgan fingerprint density at radius 3 is 1.14 bits per heavy atom. The summed E-state index contributed by atoms with van der Waals surface area (Å²) in [5.41, 5.74) is 1.85. The number of rotatable bonds is 4. The zero-order chi connectivity index (χ0) is 19.6. The van der Waals surface area contributed by atoms with E-state index >= 15 is 0 Å². The first-order chi connectivity index (χ1) is 13.6. The van der Waals surface area contributed by atoms with Gasteiger partial charge in [0.25, 0.3) is 0 Å². The SMILES string of the molecule is Cc1cc([PH](c2ccccc2)(c2ccccc2)c2ccccc2)cc(C)c1O. The Hall–Kier alpha value is -2.89. The molecule has 1 nitrogen and oxygen atoms in total. The Morgan fingerprint density at radius 2 is 0.821 bits per heavy atom. The topological polar surface area (TPSA) is 20.2 Å². The molecule has 4 aromatic rings. The van der Waals surface area contributed by atoms with Gasteiger partial charge in [-0.3, -0.25) is 0 Å². The van der Waals surface area contributed by atoms with Crippen LogP contribution < -0.4 is 21.2 Å². The Morgan fingerprint density at radius 1 is 0.500 bits per heavy atom. The molecule has 0 aliphatic heterocycles. The minimum absolute atomic E-state index is 0.390. The van der Waals surface area contributed by atoms with Crippen LogP contribution in [0.4, 0.5) is 0 Å². The number of hydrogen-bond donors (Lipinski definition) is 1. The number of phenols is 1. The second-order valence-corrected chi connectivity index (χ2v) is 11.1. The van der Waals surface area contributed by atoms with Crippen molar-refractivity contribution in [3.05, 3.63) is 114 Å². The van der Waals surface area contributed by atoms with Gasteiger partial charge in [0.2, 0.25) is 0 Å². The van der Waals surface area contributed by atoms with Crippen molar-refractivity contribution >= 4 is 28.5 Å². The number of aromatic hydroxyl groups is 1. The van der Waals surface area contributed by atoms with Gasteiger partial charge >= 0.3 is 167 Å². The fraction of sp³-hybridized carbons (Fsp3) is 0.0769. The van der Waals surface area contributed by atoms with Crippen LogP contribution in [-0.2, 0) is 0 Å². The number of phenolic OH excluding ortho intramolecular Hbond substituents is 1. The maximum atomic E-state index is 10.4. The van der Waals surface area contributed by atoms with E-state index in [9.17, 15) is 5.11 Å². The molecule has 0 aromatic heterocycles. The zero-order valence-corrected chi connectivity index (χ0v) is 17.3. The van der Waals surface area contributed by atoms with Gasteiger partial charge in [0.05, 0.1) is 0 Å². The number of benzene rings is 4. The minimum atomic E-state index is -2.50. The first-order valence-corrected chi connectivity index (χ1v) is 11.6. The quantitative estimate of drug-likeness (QED) is 0.519. The van der Waals surface area contributed by atoms with Gasteiger partial charge in [-0.1, -0.05) is 0 Å². The molecule has 0 unspecified atom stereocenters. The van der Waals surface area contributed by atoms with E-state index < -0.39 is 7.26 Å². The van der Waals surface area contributed by atoms with Crippen molar-refractivity contribution in [3.63, 3.8) is 0 Å². The predicted molar refractivity (Wildman–Crippen MR) is 124 cm³/mol. The number of hydrogen-bond acceptors (Lipinski definition) is 1. The summed E-state index contributed by atoms with van der Waals surface area (Å²) in [5, 5.41) is 15.8. The van der Waals surface area contributed by atoms with Crippen molar-refractivity contribution in [1.82, 2.24) is 0 Å². The molecule has 0 atom stereocenters. The van der Waals surface area contributed by atoms with Crippen LogP contribution in [0.3, 0.4) is 0 Å². The molecule has 1 N–H and O–H groups in total. The zero-order valence-electron chi connectivity index (χ0n) is 16.3. The van der Waals surface area contributed by atoms with Crippen LogP contribution in [0, 0.1) is 13.8 Å². The molecule has 0 amide bonds. The van der Waals surface area contributed by atoms with Crippen LogP contribution in [-0.4, -0.2) is 5.11 Å². The van der Waals surface area contributed by atoms with Crippen LogP contribution in [0.25, 0.3) is 0 Å². The van der Waals surface area contributed by atoms with Crippen molar-refractivity contribution in [3.8, 4) is 5.75 Å². The first kappa shape index (κ1) is 18.5. The van der Waals surface area contributed by atoms with Gasteiger partial charge in [-0.25, -0.2) is 0 Å². The van der Waals surface area contributed by atoms with Crippen LogP contribution in [0.15, 0.2) is 103 Å². The van der Waals surface area contributed by atoms with Gasteiger partial charge in [-0.15, -0.1) is 0 Å². The molecule has 0 aliphatic rings. The van der Waals surface area contributed by atoms with E-state index in [0.29, 0.717) is 5.75 Å². The van der Waals surface area contributed by atoms with Crippen molar-refractivity contribution in [2.24, 2.45) is 0 Å². The summed E-state index contributed by atoms with van der Waals surface area (Å²) in [6, 6.07) is 36.9. The summed E-state index contributed by atoms with van der Waals surface area (Å²) in [6.07, 6.45) is 0. The van der Waals surface area contributed by atoms with Crippen LogP contribution in [0.1, 0.15) is 11.1 Å². The van der Waals surface area contributed by atoms with E-state index in [0.717, 1.165) is 11.1 Å². The van der Waals surface area contributed by atoms with Gasteiger partial charge in [0.15, 0.2) is 0 Å².